The summed E-state index contributed by atoms with van der Waals surface area (Å²) in [5, 5.41) is 8.33. The molecular formula is C15H17BrN2OS. The van der Waals surface area contributed by atoms with Crippen LogP contribution >= 0.6 is 27.3 Å². The molecule has 106 valence electrons. The Labute approximate surface area is 131 Å². The summed E-state index contributed by atoms with van der Waals surface area (Å²) in [5.74, 6) is -0.0384. The second kappa shape index (κ2) is 7.02. The number of carbonyl (C=O) groups is 1. The fourth-order valence-electron chi connectivity index (χ4n) is 1.96. The summed E-state index contributed by atoms with van der Waals surface area (Å²) in [6, 6.07) is 10.4. The van der Waals surface area contributed by atoms with E-state index in [-0.39, 0.29) is 11.9 Å². The van der Waals surface area contributed by atoms with Gasteiger partial charge in [-0.05, 0) is 30.0 Å². The molecular weight excluding hydrogens is 336 g/mol. The standard InChI is InChI=1S/C15H17BrN2OS/c1-10(12-5-3-4-6-13(12)16)17-9-15-14(7-8-20-15)18-11(2)19/h3-8,10,17H,9H2,1-2H3,(H,18,19)/t10-/m1/s1. The van der Waals surface area contributed by atoms with Crippen LogP contribution < -0.4 is 10.6 Å². The highest BCUT2D eigenvalue weighted by Gasteiger charge is 2.10. The zero-order valence-electron chi connectivity index (χ0n) is 11.4. The van der Waals surface area contributed by atoms with Crippen molar-refractivity contribution in [3.8, 4) is 0 Å². The van der Waals surface area contributed by atoms with E-state index in [1.54, 1.807) is 11.3 Å². The SMILES string of the molecule is CC(=O)Nc1ccsc1CN[C@H](C)c1ccccc1Br. The highest BCUT2D eigenvalue weighted by molar-refractivity contribution is 9.10. The van der Waals surface area contributed by atoms with Crippen molar-refractivity contribution in [3.63, 3.8) is 0 Å². The van der Waals surface area contributed by atoms with Gasteiger partial charge in [0.1, 0.15) is 0 Å². The summed E-state index contributed by atoms with van der Waals surface area (Å²) in [6.07, 6.45) is 0. The first-order chi connectivity index (χ1) is 9.58. The number of carbonyl (C=O) groups excluding carboxylic acids is 1. The minimum absolute atomic E-state index is 0.0384. The number of hydrogen-bond donors (Lipinski definition) is 2. The third-order valence-corrected chi connectivity index (χ3v) is 4.64. The molecule has 20 heavy (non-hydrogen) atoms. The molecule has 0 bridgehead atoms. The van der Waals surface area contributed by atoms with E-state index in [4.69, 9.17) is 0 Å². The highest BCUT2D eigenvalue weighted by atomic mass is 79.9. The second-order valence-corrected chi connectivity index (χ2v) is 6.42. The Morgan fingerprint density at radius 3 is 2.80 bits per heavy atom. The van der Waals surface area contributed by atoms with E-state index >= 15 is 0 Å². The molecule has 1 heterocycles. The topological polar surface area (TPSA) is 41.1 Å². The van der Waals surface area contributed by atoms with Crippen LogP contribution in [0.25, 0.3) is 0 Å². The lowest BCUT2D eigenvalue weighted by atomic mass is 10.1. The molecule has 0 spiro atoms. The van der Waals surface area contributed by atoms with Gasteiger partial charge in [0.25, 0.3) is 0 Å². The molecule has 3 nitrogen and oxygen atoms in total. The number of amides is 1. The van der Waals surface area contributed by atoms with Gasteiger partial charge >= 0.3 is 0 Å². The van der Waals surface area contributed by atoms with Crippen LogP contribution in [0.1, 0.15) is 30.3 Å². The third-order valence-electron chi connectivity index (χ3n) is 3.00. The van der Waals surface area contributed by atoms with Crippen LogP contribution in [0.15, 0.2) is 40.2 Å². The van der Waals surface area contributed by atoms with Gasteiger partial charge in [-0.25, -0.2) is 0 Å². The predicted molar refractivity (Wildman–Crippen MR) is 88.0 cm³/mol. The molecule has 2 N–H and O–H groups in total. The van der Waals surface area contributed by atoms with E-state index in [1.165, 1.54) is 12.5 Å². The molecule has 2 aromatic rings. The summed E-state index contributed by atoms with van der Waals surface area (Å²) in [6.45, 7) is 4.39. The fraction of sp³-hybridized carbons (Fsp3) is 0.267. The Morgan fingerprint density at radius 1 is 1.35 bits per heavy atom. The number of thiophene rings is 1. The van der Waals surface area contributed by atoms with Crippen molar-refractivity contribution in [2.24, 2.45) is 0 Å². The second-order valence-electron chi connectivity index (χ2n) is 4.56. The van der Waals surface area contributed by atoms with Gasteiger partial charge in [-0.1, -0.05) is 34.1 Å². The van der Waals surface area contributed by atoms with Gasteiger partial charge in [0.15, 0.2) is 0 Å². The third kappa shape index (κ3) is 3.91. The van der Waals surface area contributed by atoms with Crippen molar-refractivity contribution in [1.82, 2.24) is 5.32 Å². The summed E-state index contributed by atoms with van der Waals surface area (Å²) < 4.78 is 1.10. The minimum atomic E-state index is -0.0384. The van der Waals surface area contributed by atoms with E-state index in [9.17, 15) is 4.79 Å². The Hall–Kier alpha value is -1.17. The zero-order valence-corrected chi connectivity index (χ0v) is 13.8. The Morgan fingerprint density at radius 2 is 2.10 bits per heavy atom. The van der Waals surface area contributed by atoms with Crippen molar-refractivity contribution in [2.45, 2.75) is 26.4 Å². The maximum absolute atomic E-state index is 11.1. The van der Waals surface area contributed by atoms with E-state index in [0.29, 0.717) is 0 Å². The lowest BCUT2D eigenvalue weighted by molar-refractivity contribution is -0.114. The van der Waals surface area contributed by atoms with Gasteiger partial charge in [0.2, 0.25) is 5.91 Å². The molecule has 1 atom stereocenters. The van der Waals surface area contributed by atoms with E-state index in [2.05, 4.69) is 39.6 Å². The molecule has 1 aromatic heterocycles. The quantitative estimate of drug-likeness (QED) is 0.841. The number of halogens is 1. The average Bonchev–Trinajstić information content (AvgIpc) is 2.83. The zero-order chi connectivity index (χ0) is 14.5. The van der Waals surface area contributed by atoms with Crippen molar-refractivity contribution in [2.75, 3.05) is 5.32 Å². The van der Waals surface area contributed by atoms with Crippen LogP contribution in [0.5, 0.6) is 0 Å². The van der Waals surface area contributed by atoms with Gasteiger partial charge in [0.05, 0.1) is 5.69 Å². The van der Waals surface area contributed by atoms with Crippen LogP contribution in [0.2, 0.25) is 0 Å². The first-order valence-corrected chi connectivity index (χ1v) is 8.07. The first kappa shape index (κ1) is 15.2. The predicted octanol–water partition coefficient (Wildman–Crippen LogP) is 4.32. The summed E-state index contributed by atoms with van der Waals surface area (Å²) in [7, 11) is 0. The van der Waals surface area contributed by atoms with Crippen LogP contribution in [0.4, 0.5) is 5.69 Å². The molecule has 1 aromatic carbocycles. The number of anilines is 1. The van der Waals surface area contributed by atoms with Gasteiger partial charge in [-0.2, -0.15) is 0 Å². The van der Waals surface area contributed by atoms with Crippen molar-refractivity contribution in [3.05, 3.63) is 50.6 Å². The summed E-state index contributed by atoms with van der Waals surface area (Å²) in [4.78, 5) is 12.3. The lowest BCUT2D eigenvalue weighted by Gasteiger charge is -2.16. The van der Waals surface area contributed by atoms with Gasteiger partial charge in [-0.3, -0.25) is 4.79 Å². The van der Waals surface area contributed by atoms with Crippen LogP contribution in [0, 0.1) is 0 Å². The molecule has 2 rings (SSSR count). The van der Waals surface area contributed by atoms with Crippen molar-refractivity contribution >= 4 is 38.9 Å². The number of benzene rings is 1. The summed E-state index contributed by atoms with van der Waals surface area (Å²) in [5.41, 5.74) is 2.12. The molecule has 0 radical (unpaired) electrons. The largest absolute Gasteiger partial charge is 0.325 e. The average molecular weight is 353 g/mol. The molecule has 0 aliphatic rings. The van der Waals surface area contributed by atoms with Crippen LogP contribution in [-0.2, 0) is 11.3 Å². The molecule has 0 saturated carbocycles. The molecule has 5 heteroatoms. The number of rotatable bonds is 5. The van der Waals surface area contributed by atoms with Crippen molar-refractivity contribution in [1.29, 1.82) is 0 Å². The van der Waals surface area contributed by atoms with Gasteiger partial charge in [0, 0.05) is 28.9 Å². The molecule has 0 fully saturated rings. The number of nitrogens with one attached hydrogen (secondary N) is 2. The van der Waals surface area contributed by atoms with Crippen LogP contribution in [-0.4, -0.2) is 5.91 Å². The normalized spacial score (nSPS) is 12.2. The van der Waals surface area contributed by atoms with Crippen molar-refractivity contribution < 1.29 is 4.79 Å². The lowest BCUT2D eigenvalue weighted by Crippen LogP contribution is -2.19. The smallest absolute Gasteiger partial charge is 0.221 e. The molecule has 1 amide bonds. The van der Waals surface area contributed by atoms with E-state index in [0.717, 1.165) is 21.6 Å². The first-order valence-electron chi connectivity index (χ1n) is 6.39. The molecule has 0 aliphatic carbocycles. The Bertz CT molecular complexity index is 597. The van der Waals surface area contributed by atoms with E-state index in [1.807, 2.05) is 29.6 Å². The minimum Gasteiger partial charge on any atom is -0.325 e. The molecule has 0 aliphatic heterocycles. The van der Waals surface area contributed by atoms with Crippen LogP contribution in [0.3, 0.4) is 0 Å². The molecule has 0 saturated heterocycles. The Balaban J connectivity index is 2.00. The fourth-order valence-corrected chi connectivity index (χ4v) is 3.37. The highest BCUT2D eigenvalue weighted by Crippen LogP contribution is 2.26. The molecule has 0 unspecified atom stereocenters. The Kier molecular flexibility index (Phi) is 5.34. The van der Waals surface area contributed by atoms with Gasteiger partial charge in [-0.15, -0.1) is 11.3 Å². The maximum Gasteiger partial charge on any atom is 0.221 e. The van der Waals surface area contributed by atoms with Gasteiger partial charge < -0.3 is 10.6 Å². The summed E-state index contributed by atoms with van der Waals surface area (Å²) >= 11 is 5.21. The maximum atomic E-state index is 11.1. The number of hydrogen-bond acceptors (Lipinski definition) is 3. The monoisotopic (exact) mass is 352 g/mol. The van der Waals surface area contributed by atoms with E-state index < -0.39 is 0 Å².